The Kier molecular flexibility index (Phi) is 1.55. The minimum Gasteiger partial charge on any atom is -0.453 e. The van der Waals surface area contributed by atoms with Crippen molar-refractivity contribution >= 4 is 17.5 Å². The quantitative estimate of drug-likeness (QED) is 0.361. The van der Waals surface area contributed by atoms with Gasteiger partial charge in [-0.15, -0.1) is 0 Å². The highest BCUT2D eigenvalue weighted by atomic mass is 16.6. The largest absolute Gasteiger partial charge is 0.453 e. The number of esters is 1. The highest BCUT2D eigenvalue weighted by Crippen LogP contribution is 2.19. The van der Waals surface area contributed by atoms with Crippen molar-refractivity contribution in [1.82, 2.24) is 0 Å². The van der Waals surface area contributed by atoms with Crippen LogP contribution < -0.4 is 0 Å². The maximum atomic E-state index is 10.8. The summed E-state index contributed by atoms with van der Waals surface area (Å²) < 4.78 is 4.65. The van der Waals surface area contributed by atoms with Crippen molar-refractivity contribution < 1.29 is 19.1 Å². The molecule has 4 heteroatoms. The number of hydrogen-bond donors (Lipinski definition) is 0. The predicted molar refractivity (Wildman–Crippen MR) is 34.8 cm³/mol. The Morgan fingerprint density at radius 2 is 1.82 bits per heavy atom. The van der Waals surface area contributed by atoms with Crippen LogP contribution >= 0.6 is 0 Å². The molecule has 60 valence electrons. The Bertz CT molecular complexity index is 217. The van der Waals surface area contributed by atoms with Crippen LogP contribution in [0.2, 0.25) is 0 Å². The van der Waals surface area contributed by atoms with Gasteiger partial charge in [-0.2, -0.15) is 0 Å². The van der Waals surface area contributed by atoms with Gasteiger partial charge in [0.25, 0.3) is 0 Å². The number of carbonyl (C=O) groups is 3. The van der Waals surface area contributed by atoms with Crippen molar-refractivity contribution in [3.8, 4) is 0 Å². The molecule has 1 heterocycles. The van der Waals surface area contributed by atoms with E-state index in [0.29, 0.717) is 0 Å². The molecular formula is C7H8O4. The zero-order valence-corrected chi connectivity index (χ0v) is 6.34. The summed E-state index contributed by atoms with van der Waals surface area (Å²) in [6, 6.07) is 0. The molecule has 0 aliphatic carbocycles. The third-order valence-electron chi connectivity index (χ3n) is 1.39. The normalized spacial score (nSPS) is 23.3. The third kappa shape index (κ3) is 1.45. The van der Waals surface area contributed by atoms with Crippen LogP contribution in [0.5, 0.6) is 0 Å². The lowest BCUT2D eigenvalue weighted by Crippen LogP contribution is -2.44. The number of rotatable bonds is 0. The van der Waals surface area contributed by atoms with E-state index in [9.17, 15) is 14.4 Å². The van der Waals surface area contributed by atoms with E-state index in [1.807, 2.05) is 0 Å². The Morgan fingerprint density at radius 3 is 2.27 bits per heavy atom. The lowest BCUT2D eigenvalue weighted by Gasteiger charge is -2.26. The fourth-order valence-electron chi connectivity index (χ4n) is 0.914. The molecule has 0 unspecified atom stereocenters. The number of hydrogen-bond acceptors (Lipinski definition) is 4. The molecule has 0 amide bonds. The molecule has 4 nitrogen and oxygen atoms in total. The zero-order chi connectivity index (χ0) is 8.65. The fourth-order valence-corrected chi connectivity index (χ4v) is 0.914. The fraction of sp³-hybridized carbons (Fsp3) is 0.571. The molecule has 0 radical (unpaired) electrons. The van der Waals surface area contributed by atoms with Gasteiger partial charge in [0, 0.05) is 0 Å². The van der Waals surface area contributed by atoms with Gasteiger partial charge in [-0.05, 0) is 13.8 Å². The first-order chi connectivity index (χ1) is 4.92. The first-order valence-electron chi connectivity index (χ1n) is 3.23. The average Bonchev–Trinajstić information content (AvgIpc) is 1.81. The Hall–Kier alpha value is -1.19. The van der Waals surface area contributed by atoms with E-state index in [1.165, 1.54) is 0 Å². The topological polar surface area (TPSA) is 60.4 Å². The molecule has 0 aromatic heterocycles. The van der Waals surface area contributed by atoms with E-state index in [-0.39, 0.29) is 6.42 Å². The number of ether oxygens (including phenoxy) is 1. The monoisotopic (exact) mass is 156 g/mol. The van der Waals surface area contributed by atoms with Gasteiger partial charge in [0.05, 0.1) is 6.42 Å². The minimum absolute atomic E-state index is 0.0163. The SMILES string of the molecule is CC1(C)CC(=O)C(=O)C(=O)O1. The van der Waals surface area contributed by atoms with Gasteiger partial charge in [-0.25, -0.2) is 4.79 Å². The summed E-state index contributed by atoms with van der Waals surface area (Å²) >= 11 is 0. The van der Waals surface area contributed by atoms with Crippen LogP contribution in [0, 0.1) is 0 Å². The maximum absolute atomic E-state index is 10.8. The molecule has 0 aromatic carbocycles. The molecule has 0 spiro atoms. The summed E-state index contributed by atoms with van der Waals surface area (Å²) in [7, 11) is 0. The second kappa shape index (κ2) is 2.15. The predicted octanol–water partition coefficient (Wildman–Crippen LogP) is -0.150. The summed E-state index contributed by atoms with van der Waals surface area (Å²) in [5.74, 6) is -2.73. The van der Waals surface area contributed by atoms with Gasteiger partial charge < -0.3 is 4.74 Å². The third-order valence-corrected chi connectivity index (χ3v) is 1.39. The number of carbonyl (C=O) groups excluding carboxylic acids is 3. The van der Waals surface area contributed by atoms with Gasteiger partial charge in [0.2, 0.25) is 5.78 Å². The first kappa shape index (κ1) is 7.91. The zero-order valence-electron chi connectivity index (χ0n) is 6.34. The highest BCUT2D eigenvalue weighted by molar-refractivity contribution is 6.63. The molecule has 1 fully saturated rings. The van der Waals surface area contributed by atoms with E-state index in [0.717, 1.165) is 0 Å². The van der Waals surface area contributed by atoms with Crippen LogP contribution in [0.15, 0.2) is 0 Å². The van der Waals surface area contributed by atoms with Gasteiger partial charge in [0.1, 0.15) is 5.60 Å². The van der Waals surface area contributed by atoms with Crippen LogP contribution in [0.25, 0.3) is 0 Å². The lowest BCUT2D eigenvalue weighted by atomic mass is 9.96. The Balaban J connectivity index is 2.87. The van der Waals surface area contributed by atoms with Crippen molar-refractivity contribution in [2.45, 2.75) is 25.9 Å². The molecule has 1 aliphatic rings. The van der Waals surface area contributed by atoms with Crippen LogP contribution in [-0.4, -0.2) is 23.1 Å². The van der Waals surface area contributed by atoms with E-state index >= 15 is 0 Å². The van der Waals surface area contributed by atoms with E-state index in [1.54, 1.807) is 13.8 Å². The average molecular weight is 156 g/mol. The summed E-state index contributed by atoms with van der Waals surface area (Å²) in [5.41, 5.74) is -0.817. The molecule has 0 aromatic rings. The van der Waals surface area contributed by atoms with E-state index in [4.69, 9.17) is 0 Å². The van der Waals surface area contributed by atoms with Crippen molar-refractivity contribution in [1.29, 1.82) is 0 Å². The van der Waals surface area contributed by atoms with Gasteiger partial charge in [0.15, 0.2) is 0 Å². The van der Waals surface area contributed by atoms with Crippen LogP contribution in [0.4, 0.5) is 0 Å². The Labute approximate surface area is 63.5 Å². The smallest absolute Gasteiger partial charge is 0.383 e. The summed E-state index contributed by atoms with van der Waals surface area (Å²) in [6.45, 7) is 3.18. The van der Waals surface area contributed by atoms with Gasteiger partial charge in [-0.1, -0.05) is 0 Å². The van der Waals surface area contributed by atoms with Crippen molar-refractivity contribution in [2.75, 3.05) is 0 Å². The van der Waals surface area contributed by atoms with Crippen LogP contribution in [-0.2, 0) is 19.1 Å². The summed E-state index contributed by atoms with van der Waals surface area (Å²) in [6.07, 6.45) is -0.0163. The minimum atomic E-state index is -1.04. The van der Waals surface area contributed by atoms with Gasteiger partial charge in [-0.3, -0.25) is 9.59 Å². The number of ketones is 2. The second-order valence-corrected chi connectivity index (χ2v) is 3.08. The Morgan fingerprint density at radius 1 is 1.27 bits per heavy atom. The molecule has 0 saturated carbocycles. The summed E-state index contributed by atoms with van der Waals surface area (Å²) in [5, 5.41) is 0. The molecule has 1 saturated heterocycles. The lowest BCUT2D eigenvalue weighted by molar-refractivity contribution is -0.172. The highest BCUT2D eigenvalue weighted by Gasteiger charge is 2.39. The standard InChI is InChI=1S/C7H8O4/c1-7(2)3-4(8)5(9)6(10)11-7/h3H2,1-2H3. The van der Waals surface area contributed by atoms with Crippen molar-refractivity contribution in [3.05, 3.63) is 0 Å². The molecule has 11 heavy (non-hydrogen) atoms. The molecule has 1 rings (SSSR count). The summed E-state index contributed by atoms with van der Waals surface area (Å²) in [4.78, 5) is 32.0. The number of Topliss-reactive ketones (excluding diaryl/α,β-unsaturated/α-hetero) is 2. The molecule has 0 bridgehead atoms. The van der Waals surface area contributed by atoms with Crippen molar-refractivity contribution in [3.63, 3.8) is 0 Å². The first-order valence-corrected chi connectivity index (χ1v) is 3.23. The molecule has 0 N–H and O–H groups in total. The van der Waals surface area contributed by atoms with E-state index < -0.39 is 23.1 Å². The van der Waals surface area contributed by atoms with E-state index in [2.05, 4.69) is 4.74 Å². The molecule has 1 aliphatic heterocycles. The number of cyclic esters (lactones) is 1. The maximum Gasteiger partial charge on any atom is 0.383 e. The second-order valence-electron chi connectivity index (χ2n) is 3.08. The van der Waals surface area contributed by atoms with Crippen LogP contribution in [0.3, 0.4) is 0 Å². The molecule has 0 atom stereocenters. The van der Waals surface area contributed by atoms with Crippen LogP contribution in [0.1, 0.15) is 20.3 Å². The van der Waals surface area contributed by atoms with Gasteiger partial charge >= 0.3 is 11.8 Å². The molecular weight excluding hydrogens is 148 g/mol. The van der Waals surface area contributed by atoms with Crippen molar-refractivity contribution in [2.24, 2.45) is 0 Å².